The van der Waals surface area contributed by atoms with Crippen molar-refractivity contribution in [2.75, 3.05) is 0 Å². The predicted molar refractivity (Wildman–Crippen MR) is 138 cm³/mol. The van der Waals surface area contributed by atoms with Crippen LogP contribution < -0.4 is 0 Å². The minimum atomic E-state index is -3.06. The number of hydrogen-bond acceptors (Lipinski definition) is 8. The van der Waals surface area contributed by atoms with E-state index in [9.17, 15) is 0 Å². The molecule has 2 aromatic rings. The van der Waals surface area contributed by atoms with Crippen molar-refractivity contribution in [3.63, 3.8) is 0 Å². The molecule has 9 heteroatoms. The third-order valence-corrected chi connectivity index (χ3v) is 14.2. The smallest absolute Gasteiger partial charge is 0.368 e. The fourth-order valence-corrected chi connectivity index (χ4v) is 14.1. The highest BCUT2D eigenvalue weighted by Gasteiger charge is 2.55. The number of para-hydroxylation sites is 1. The van der Waals surface area contributed by atoms with Gasteiger partial charge < -0.3 is 13.3 Å². The second-order valence-corrected chi connectivity index (χ2v) is 18.8. The van der Waals surface area contributed by atoms with Gasteiger partial charge in [-0.3, -0.25) is 0 Å². The molecule has 0 N–H and O–H groups in total. The highest BCUT2D eigenvalue weighted by atomic mass is 33.5. The molecule has 2 rings (SSSR count). The highest BCUT2D eigenvalue weighted by molar-refractivity contribution is 9.09. The first-order valence-corrected chi connectivity index (χ1v) is 16.2. The summed E-state index contributed by atoms with van der Waals surface area (Å²) < 4.78 is 22.2. The number of rotatable bonds is 8. The van der Waals surface area contributed by atoms with E-state index < -0.39 is 8.80 Å². The molecule has 0 aliphatic heterocycles. The predicted octanol–water partition coefficient (Wildman–Crippen LogP) is 8.00. The van der Waals surface area contributed by atoms with Crippen molar-refractivity contribution >= 4 is 61.8 Å². The van der Waals surface area contributed by atoms with E-state index in [1.54, 1.807) is 42.8 Å². The van der Waals surface area contributed by atoms with Crippen molar-refractivity contribution < 1.29 is 13.3 Å². The first kappa shape index (κ1) is 26.5. The lowest BCUT2D eigenvalue weighted by molar-refractivity contribution is -0.0756. The third-order valence-electron chi connectivity index (χ3n) is 3.41. The minimum Gasteiger partial charge on any atom is -0.368 e. The Morgan fingerprint density at radius 3 is 1.83 bits per heavy atom. The Hall–Kier alpha value is 0.257. The van der Waals surface area contributed by atoms with E-state index in [0.717, 1.165) is 9.86 Å². The Morgan fingerprint density at radius 1 is 0.867 bits per heavy atom. The van der Waals surface area contributed by atoms with E-state index in [1.807, 2.05) is 6.07 Å². The lowest BCUT2D eigenvalue weighted by Gasteiger charge is -2.45. The monoisotopic (exact) mass is 505 g/mol. The average molecular weight is 506 g/mol. The number of thiazole rings is 1. The van der Waals surface area contributed by atoms with Crippen LogP contribution in [0.1, 0.15) is 69.2 Å². The van der Waals surface area contributed by atoms with Crippen LogP contribution in [0.5, 0.6) is 0 Å². The van der Waals surface area contributed by atoms with Gasteiger partial charge in [-0.1, -0.05) is 22.9 Å². The number of aromatic nitrogens is 1. The Labute approximate surface area is 198 Å². The van der Waals surface area contributed by atoms with Crippen LogP contribution in [0.15, 0.2) is 28.6 Å². The van der Waals surface area contributed by atoms with Crippen molar-refractivity contribution in [3.8, 4) is 0 Å². The molecule has 0 bridgehead atoms. The zero-order chi connectivity index (χ0) is 22.8. The Morgan fingerprint density at radius 2 is 1.37 bits per heavy atom. The molecular formula is C21H35NO3S4Si. The van der Waals surface area contributed by atoms with E-state index in [-0.39, 0.29) is 21.7 Å². The van der Waals surface area contributed by atoms with E-state index >= 15 is 0 Å². The first-order valence-electron chi connectivity index (χ1n) is 10.0. The summed E-state index contributed by atoms with van der Waals surface area (Å²) in [5, 5.41) is 0. The van der Waals surface area contributed by atoms with Gasteiger partial charge in [0.05, 0.1) is 31.9 Å². The molecule has 0 saturated heterocycles. The van der Waals surface area contributed by atoms with Gasteiger partial charge in [-0.15, -0.1) is 11.3 Å². The summed E-state index contributed by atoms with van der Waals surface area (Å²) in [6.45, 7) is 20.7. The second kappa shape index (κ2) is 10.0. The average Bonchev–Trinajstić information content (AvgIpc) is 2.92. The molecule has 1 unspecified atom stereocenters. The second-order valence-electron chi connectivity index (χ2n) is 10.1. The zero-order valence-corrected chi connectivity index (χ0v) is 24.0. The Kier molecular flexibility index (Phi) is 8.86. The molecule has 1 heterocycles. The number of fused-ring (bicyclic) bond motifs is 1. The fourth-order valence-electron chi connectivity index (χ4n) is 2.65. The van der Waals surface area contributed by atoms with Crippen molar-refractivity contribution in [1.29, 1.82) is 0 Å². The van der Waals surface area contributed by atoms with Crippen LogP contribution in [0.2, 0.25) is 0 Å². The van der Waals surface area contributed by atoms with Crippen molar-refractivity contribution in [1.82, 2.24) is 4.98 Å². The molecule has 0 spiro atoms. The van der Waals surface area contributed by atoms with Gasteiger partial charge in [0, 0.05) is 0 Å². The SMILES string of the molecule is CC(SSSc1nc2ccccc2s1)[Si](OC(C)(C)C)(OC(C)(C)C)OC(C)(C)C. The summed E-state index contributed by atoms with van der Waals surface area (Å²) >= 11 is 1.72. The molecule has 0 radical (unpaired) electrons. The normalized spacial score (nSPS) is 15.0. The molecular weight excluding hydrogens is 471 g/mol. The van der Waals surface area contributed by atoms with Crippen LogP contribution in [-0.2, 0) is 13.3 Å². The van der Waals surface area contributed by atoms with Crippen LogP contribution in [-0.4, -0.2) is 35.5 Å². The Balaban J connectivity index is 2.19. The molecule has 0 fully saturated rings. The summed E-state index contributed by atoms with van der Waals surface area (Å²) in [4.78, 5) is 4.76. The lowest BCUT2D eigenvalue weighted by atomic mass is 10.2. The molecule has 0 amide bonds. The van der Waals surface area contributed by atoms with Crippen molar-refractivity contribution in [2.45, 2.75) is 95.3 Å². The van der Waals surface area contributed by atoms with Crippen LogP contribution in [0.3, 0.4) is 0 Å². The van der Waals surface area contributed by atoms with Gasteiger partial charge in [0.15, 0.2) is 4.34 Å². The van der Waals surface area contributed by atoms with E-state index in [4.69, 9.17) is 18.3 Å². The minimum absolute atomic E-state index is 0.0436. The maximum Gasteiger partial charge on any atom is 0.516 e. The van der Waals surface area contributed by atoms with E-state index in [2.05, 4.69) is 87.4 Å². The summed E-state index contributed by atoms with van der Waals surface area (Å²) in [6, 6.07) is 8.25. The van der Waals surface area contributed by atoms with Gasteiger partial charge in [-0.2, -0.15) is 0 Å². The molecule has 0 aliphatic rings. The standard InChI is InChI=1S/C21H35NO3S4Si/c1-15(27-29-28-18-22-16-13-11-12-14-17(16)26-18)30(23-19(2,3)4,24-20(5,6)7)25-21(8,9)10/h11-15H,1-10H3. The van der Waals surface area contributed by atoms with Gasteiger partial charge in [-0.25, -0.2) is 4.98 Å². The van der Waals surface area contributed by atoms with Crippen molar-refractivity contribution in [3.05, 3.63) is 24.3 Å². The van der Waals surface area contributed by atoms with Gasteiger partial charge in [-0.05, 0) is 102 Å². The highest BCUT2D eigenvalue weighted by Crippen LogP contribution is 2.48. The Bertz CT molecular complexity index is 750. The van der Waals surface area contributed by atoms with Gasteiger partial charge in [0.25, 0.3) is 0 Å². The van der Waals surface area contributed by atoms with E-state index in [1.165, 1.54) is 4.70 Å². The number of benzene rings is 1. The summed E-state index contributed by atoms with van der Waals surface area (Å²) in [5.41, 5.74) is -0.0665. The molecule has 1 aromatic carbocycles. The van der Waals surface area contributed by atoms with Crippen LogP contribution >= 0.6 is 42.8 Å². The molecule has 4 nitrogen and oxygen atoms in total. The molecule has 1 aromatic heterocycles. The summed E-state index contributed by atoms with van der Waals surface area (Å²) in [7, 11) is 2.08. The molecule has 0 aliphatic carbocycles. The molecule has 0 saturated carbocycles. The maximum absolute atomic E-state index is 6.63. The maximum atomic E-state index is 6.63. The summed E-state index contributed by atoms with van der Waals surface area (Å²) in [6.07, 6.45) is 0. The largest absolute Gasteiger partial charge is 0.516 e. The number of nitrogens with zero attached hydrogens (tertiary/aromatic N) is 1. The first-order chi connectivity index (χ1) is 13.6. The molecule has 30 heavy (non-hydrogen) atoms. The summed E-state index contributed by atoms with van der Waals surface area (Å²) in [5.74, 6) is 0. The quantitative estimate of drug-likeness (QED) is 0.266. The number of hydrogen-bond donors (Lipinski definition) is 0. The van der Waals surface area contributed by atoms with Crippen LogP contribution in [0.25, 0.3) is 10.2 Å². The molecule has 170 valence electrons. The van der Waals surface area contributed by atoms with Gasteiger partial charge in [0.2, 0.25) is 0 Å². The van der Waals surface area contributed by atoms with Crippen molar-refractivity contribution in [2.24, 2.45) is 0 Å². The zero-order valence-electron chi connectivity index (χ0n) is 19.7. The fraction of sp³-hybridized carbons (Fsp3) is 0.667. The lowest BCUT2D eigenvalue weighted by Crippen LogP contribution is -2.62. The topological polar surface area (TPSA) is 40.6 Å². The van der Waals surface area contributed by atoms with Crippen LogP contribution in [0, 0.1) is 0 Å². The van der Waals surface area contributed by atoms with Crippen LogP contribution in [0.4, 0.5) is 0 Å². The molecule has 1 atom stereocenters. The van der Waals surface area contributed by atoms with E-state index in [0.29, 0.717) is 0 Å². The third kappa shape index (κ3) is 8.65. The van der Waals surface area contributed by atoms with Gasteiger partial charge in [0.1, 0.15) is 0 Å². The van der Waals surface area contributed by atoms with Gasteiger partial charge >= 0.3 is 8.80 Å².